The van der Waals surface area contributed by atoms with Crippen molar-refractivity contribution in [2.45, 2.75) is 45.0 Å². The number of alkyl halides is 1. The van der Waals surface area contributed by atoms with Crippen LogP contribution in [0.15, 0.2) is 0 Å². The van der Waals surface area contributed by atoms with Crippen LogP contribution in [0.1, 0.15) is 27.2 Å². The first-order valence-corrected chi connectivity index (χ1v) is 4.91. The Labute approximate surface area is 80.1 Å². The molecule has 2 nitrogen and oxygen atoms in total. The second-order valence-electron chi connectivity index (χ2n) is 4.57. The lowest BCUT2D eigenvalue weighted by Gasteiger charge is -2.19. The van der Waals surface area contributed by atoms with E-state index < -0.39 is 5.67 Å². The summed E-state index contributed by atoms with van der Waals surface area (Å²) in [5, 5.41) is 0. The van der Waals surface area contributed by atoms with Crippen LogP contribution in [0, 0.1) is 0 Å². The molecular formula is C10H20FNO. The van der Waals surface area contributed by atoms with Crippen LogP contribution in [0.4, 0.5) is 4.39 Å². The van der Waals surface area contributed by atoms with E-state index in [-0.39, 0.29) is 12.1 Å². The largest absolute Gasteiger partial charge is 0.377 e. The summed E-state index contributed by atoms with van der Waals surface area (Å²) in [5.74, 6) is 0. The van der Waals surface area contributed by atoms with Gasteiger partial charge in [0.2, 0.25) is 0 Å². The topological polar surface area (TPSA) is 12.5 Å². The van der Waals surface area contributed by atoms with Crippen LogP contribution in [0.3, 0.4) is 0 Å². The molecule has 78 valence electrons. The summed E-state index contributed by atoms with van der Waals surface area (Å²) in [4.78, 5) is 2.04. The van der Waals surface area contributed by atoms with Crippen molar-refractivity contribution in [1.82, 2.24) is 4.90 Å². The maximum atomic E-state index is 13.5. The molecule has 0 aromatic carbocycles. The fraction of sp³-hybridized carbons (Fsp3) is 1.00. The summed E-state index contributed by atoms with van der Waals surface area (Å²) in [5.41, 5.74) is -1.03. The van der Waals surface area contributed by atoms with Gasteiger partial charge in [-0.05, 0) is 27.8 Å². The first kappa shape index (κ1) is 10.9. The number of hydrogen-bond donors (Lipinski definition) is 0. The highest BCUT2D eigenvalue weighted by Crippen LogP contribution is 2.29. The van der Waals surface area contributed by atoms with Crippen LogP contribution < -0.4 is 0 Å². The van der Waals surface area contributed by atoms with Crippen molar-refractivity contribution in [3.05, 3.63) is 0 Å². The first-order chi connectivity index (χ1) is 5.91. The first-order valence-electron chi connectivity index (χ1n) is 4.91. The fourth-order valence-electron chi connectivity index (χ4n) is 1.85. The SMILES string of the molecule is CC(C)OC[C@@H]1C[C@@](C)(F)CN1C. The molecule has 0 saturated carbocycles. The molecule has 1 saturated heterocycles. The Morgan fingerprint density at radius 2 is 2.23 bits per heavy atom. The van der Waals surface area contributed by atoms with Crippen molar-refractivity contribution in [3.8, 4) is 0 Å². The van der Waals surface area contributed by atoms with Gasteiger partial charge in [-0.1, -0.05) is 0 Å². The quantitative estimate of drug-likeness (QED) is 0.671. The average molecular weight is 189 g/mol. The van der Waals surface area contributed by atoms with E-state index in [1.54, 1.807) is 6.92 Å². The van der Waals surface area contributed by atoms with Gasteiger partial charge in [0.05, 0.1) is 12.7 Å². The lowest BCUT2D eigenvalue weighted by atomic mass is 10.1. The van der Waals surface area contributed by atoms with E-state index in [1.165, 1.54) is 0 Å². The molecule has 1 aliphatic rings. The van der Waals surface area contributed by atoms with Crippen molar-refractivity contribution in [2.75, 3.05) is 20.2 Å². The second kappa shape index (κ2) is 3.93. The van der Waals surface area contributed by atoms with Crippen LogP contribution >= 0.6 is 0 Å². The highest BCUT2D eigenvalue weighted by Gasteiger charge is 2.38. The Hall–Kier alpha value is -0.150. The van der Waals surface area contributed by atoms with Gasteiger partial charge < -0.3 is 4.74 Å². The van der Waals surface area contributed by atoms with Gasteiger partial charge in [0.1, 0.15) is 5.67 Å². The molecule has 0 spiro atoms. The highest BCUT2D eigenvalue weighted by atomic mass is 19.1. The van der Waals surface area contributed by atoms with E-state index in [1.807, 2.05) is 25.8 Å². The van der Waals surface area contributed by atoms with Gasteiger partial charge in [-0.3, -0.25) is 4.90 Å². The van der Waals surface area contributed by atoms with E-state index in [9.17, 15) is 4.39 Å². The van der Waals surface area contributed by atoms with Gasteiger partial charge in [0.15, 0.2) is 0 Å². The third kappa shape index (κ3) is 3.24. The number of ether oxygens (including phenoxy) is 1. The molecule has 2 atom stereocenters. The molecule has 0 aromatic heterocycles. The molecule has 13 heavy (non-hydrogen) atoms. The third-order valence-electron chi connectivity index (χ3n) is 2.49. The van der Waals surface area contributed by atoms with Gasteiger partial charge in [0, 0.05) is 19.0 Å². The lowest BCUT2D eigenvalue weighted by molar-refractivity contribution is 0.0428. The molecule has 1 rings (SSSR count). The second-order valence-corrected chi connectivity index (χ2v) is 4.57. The monoisotopic (exact) mass is 189 g/mol. The van der Waals surface area contributed by atoms with Crippen molar-refractivity contribution >= 4 is 0 Å². The molecule has 0 amide bonds. The molecule has 1 heterocycles. The zero-order chi connectivity index (χ0) is 10.1. The molecule has 0 unspecified atom stereocenters. The molecule has 0 aromatic rings. The molecule has 0 radical (unpaired) electrons. The summed E-state index contributed by atoms with van der Waals surface area (Å²) < 4.78 is 19.0. The van der Waals surface area contributed by atoms with Crippen molar-refractivity contribution in [3.63, 3.8) is 0 Å². The Morgan fingerprint density at radius 1 is 1.62 bits per heavy atom. The minimum absolute atomic E-state index is 0.236. The summed E-state index contributed by atoms with van der Waals surface area (Å²) in [6.07, 6.45) is 0.829. The Balaban J connectivity index is 2.35. The molecule has 3 heteroatoms. The molecule has 1 aliphatic heterocycles. The number of rotatable bonds is 3. The van der Waals surface area contributed by atoms with E-state index in [0.29, 0.717) is 19.6 Å². The van der Waals surface area contributed by atoms with Crippen LogP contribution in [0.5, 0.6) is 0 Å². The standard InChI is InChI=1S/C10H20FNO/c1-8(2)13-6-9-5-10(3,11)7-12(9)4/h8-9H,5-7H2,1-4H3/t9-,10+/m0/s1. The molecule has 0 N–H and O–H groups in total. The summed E-state index contributed by atoms with van der Waals surface area (Å²) in [6, 6.07) is 0.248. The van der Waals surface area contributed by atoms with Crippen LogP contribution in [0.25, 0.3) is 0 Å². The minimum Gasteiger partial charge on any atom is -0.377 e. The molecule has 0 bridgehead atoms. The number of likely N-dealkylation sites (N-methyl/N-ethyl adjacent to an activating group) is 1. The molecular weight excluding hydrogens is 169 g/mol. The normalized spacial score (nSPS) is 36.0. The number of nitrogens with zero attached hydrogens (tertiary/aromatic N) is 1. The van der Waals surface area contributed by atoms with Gasteiger partial charge >= 0.3 is 0 Å². The maximum absolute atomic E-state index is 13.5. The van der Waals surface area contributed by atoms with Gasteiger partial charge in [0.25, 0.3) is 0 Å². The molecule has 0 aliphatic carbocycles. The zero-order valence-electron chi connectivity index (χ0n) is 9.01. The van der Waals surface area contributed by atoms with Crippen molar-refractivity contribution in [2.24, 2.45) is 0 Å². The Morgan fingerprint density at radius 3 is 2.62 bits per heavy atom. The van der Waals surface area contributed by atoms with Crippen LogP contribution in [-0.4, -0.2) is 42.9 Å². The minimum atomic E-state index is -1.03. The average Bonchev–Trinajstić information content (AvgIpc) is 2.20. The number of halogens is 1. The van der Waals surface area contributed by atoms with Crippen molar-refractivity contribution in [1.29, 1.82) is 0 Å². The zero-order valence-corrected chi connectivity index (χ0v) is 9.01. The fourth-order valence-corrected chi connectivity index (χ4v) is 1.85. The molecule has 1 fully saturated rings. The van der Waals surface area contributed by atoms with E-state index in [2.05, 4.69) is 0 Å². The summed E-state index contributed by atoms with van der Waals surface area (Å²) in [7, 11) is 1.96. The van der Waals surface area contributed by atoms with E-state index >= 15 is 0 Å². The Bertz CT molecular complexity index is 170. The van der Waals surface area contributed by atoms with Gasteiger partial charge in [-0.25, -0.2) is 4.39 Å². The smallest absolute Gasteiger partial charge is 0.122 e. The van der Waals surface area contributed by atoms with E-state index in [0.717, 1.165) is 0 Å². The van der Waals surface area contributed by atoms with Gasteiger partial charge in [-0.2, -0.15) is 0 Å². The highest BCUT2D eigenvalue weighted by molar-refractivity contribution is 4.92. The Kier molecular flexibility index (Phi) is 3.30. The predicted octanol–water partition coefficient (Wildman–Crippen LogP) is 1.84. The van der Waals surface area contributed by atoms with E-state index in [4.69, 9.17) is 4.74 Å². The number of hydrogen-bond acceptors (Lipinski definition) is 2. The summed E-state index contributed by atoms with van der Waals surface area (Å²) in [6.45, 7) is 6.85. The van der Waals surface area contributed by atoms with Crippen LogP contribution in [-0.2, 0) is 4.74 Å². The lowest BCUT2D eigenvalue weighted by Crippen LogP contribution is -2.30. The van der Waals surface area contributed by atoms with Crippen LogP contribution in [0.2, 0.25) is 0 Å². The summed E-state index contributed by atoms with van der Waals surface area (Å²) >= 11 is 0. The van der Waals surface area contributed by atoms with Crippen molar-refractivity contribution < 1.29 is 9.13 Å². The third-order valence-corrected chi connectivity index (χ3v) is 2.49. The number of likely N-dealkylation sites (tertiary alicyclic amines) is 1. The van der Waals surface area contributed by atoms with Gasteiger partial charge in [-0.15, -0.1) is 0 Å². The maximum Gasteiger partial charge on any atom is 0.122 e. The predicted molar refractivity (Wildman–Crippen MR) is 51.6 cm³/mol.